The molecular formula is C23H23ClN8O2. The molecule has 0 aliphatic carbocycles. The summed E-state index contributed by atoms with van der Waals surface area (Å²) in [5.74, 6) is 0.438. The van der Waals surface area contributed by atoms with Gasteiger partial charge in [-0.3, -0.25) is 9.59 Å². The standard InChI is InChI=1S/C23H23ClN8O2/c1-14-3-4-19(32-26-6-7-27-32)17(11-14)22(34)31-10-9-30(8-5-15(31)2)23-25-13-16-12-18(24)21(33)28-20(16)29-23/h3-4,6-7,11-13,15H,5,8-10H2,1-2H3,(H,25,28,29,33)/t15-/m1/s1. The summed E-state index contributed by atoms with van der Waals surface area (Å²) in [6, 6.07) is 7.25. The number of nitrogens with one attached hydrogen (secondary N) is 1. The van der Waals surface area contributed by atoms with E-state index in [2.05, 4.69) is 25.1 Å². The Kier molecular flexibility index (Phi) is 5.74. The highest BCUT2D eigenvalue weighted by atomic mass is 35.5. The Balaban J connectivity index is 1.41. The van der Waals surface area contributed by atoms with Gasteiger partial charge in [0.15, 0.2) is 0 Å². The average molecular weight is 479 g/mol. The fourth-order valence-electron chi connectivity index (χ4n) is 4.16. The second-order valence-corrected chi connectivity index (χ2v) is 8.79. The van der Waals surface area contributed by atoms with Gasteiger partial charge in [0.25, 0.3) is 11.5 Å². The van der Waals surface area contributed by atoms with E-state index in [1.54, 1.807) is 24.7 Å². The fourth-order valence-corrected chi connectivity index (χ4v) is 4.33. The third-order valence-corrected chi connectivity index (χ3v) is 6.34. The summed E-state index contributed by atoms with van der Waals surface area (Å²) < 4.78 is 0. The first-order valence-electron chi connectivity index (χ1n) is 11.0. The zero-order chi connectivity index (χ0) is 23.8. The van der Waals surface area contributed by atoms with Gasteiger partial charge < -0.3 is 14.8 Å². The number of H-pyrrole nitrogens is 1. The van der Waals surface area contributed by atoms with Crippen molar-refractivity contribution in [3.05, 3.63) is 69.4 Å². The first-order chi connectivity index (χ1) is 16.4. The third kappa shape index (κ3) is 4.12. The number of halogens is 1. The quantitative estimate of drug-likeness (QED) is 0.481. The van der Waals surface area contributed by atoms with Gasteiger partial charge in [-0.2, -0.15) is 20.0 Å². The molecule has 0 unspecified atom stereocenters. The molecule has 0 saturated carbocycles. The molecule has 11 heteroatoms. The minimum Gasteiger partial charge on any atom is -0.339 e. The van der Waals surface area contributed by atoms with Gasteiger partial charge in [-0.1, -0.05) is 23.2 Å². The van der Waals surface area contributed by atoms with Crippen LogP contribution in [0.2, 0.25) is 5.02 Å². The van der Waals surface area contributed by atoms with Crippen molar-refractivity contribution in [2.75, 3.05) is 24.5 Å². The first kappa shape index (κ1) is 22.0. The number of benzene rings is 1. The number of nitrogens with zero attached hydrogens (tertiary/aromatic N) is 7. The van der Waals surface area contributed by atoms with E-state index in [1.807, 2.05) is 41.8 Å². The number of amides is 1. The zero-order valence-electron chi connectivity index (χ0n) is 18.8. The van der Waals surface area contributed by atoms with Crippen LogP contribution in [0.5, 0.6) is 0 Å². The molecule has 10 nitrogen and oxygen atoms in total. The molecule has 0 bridgehead atoms. The van der Waals surface area contributed by atoms with Crippen LogP contribution in [0.3, 0.4) is 0 Å². The van der Waals surface area contributed by atoms with Gasteiger partial charge in [0.05, 0.1) is 23.6 Å². The van der Waals surface area contributed by atoms with Crippen LogP contribution in [-0.2, 0) is 0 Å². The zero-order valence-corrected chi connectivity index (χ0v) is 19.5. The van der Waals surface area contributed by atoms with Crippen molar-refractivity contribution >= 4 is 34.5 Å². The molecule has 1 aromatic carbocycles. The molecule has 3 aromatic heterocycles. The van der Waals surface area contributed by atoms with E-state index < -0.39 is 0 Å². The Hall–Kier alpha value is -3.79. The number of aryl methyl sites for hydroxylation is 1. The van der Waals surface area contributed by atoms with Gasteiger partial charge >= 0.3 is 0 Å². The van der Waals surface area contributed by atoms with Crippen molar-refractivity contribution in [3.8, 4) is 5.69 Å². The maximum absolute atomic E-state index is 13.7. The molecule has 0 spiro atoms. The van der Waals surface area contributed by atoms with Gasteiger partial charge in [0.1, 0.15) is 10.7 Å². The Morgan fingerprint density at radius 3 is 2.74 bits per heavy atom. The third-order valence-electron chi connectivity index (χ3n) is 6.06. The molecule has 1 saturated heterocycles. The molecule has 34 heavy (non-hydrogen) atoms. The van der Waals surface area contributed by atoms with Crippen molar-refractivity contribution in [3.63, 3.8) is 0 Å². The minimum atomic E-state index is -0.388. The lowest BCUT2D eigenvalue weighted by Crippen LogP contribution is -2.40. The summed E-state index contributed by atoms with van der Waals surface area (Å²) in [4.78, 5) is 42.6. The highest BCUT2D eigenvalue weighted by Crippen LogP contribution is 2.23. The van der Waals surface area contributed by atoms with Gasteiger partial charge in [0.2, 0.25) is 5.95 Å². The number of rotatable bonds is 3. The number of pyridine rings is 1. The van der Waals surface area contributed by atoms with Crippen molar-refractivity contribution < 1.29 is 4.79 Å². The predicted octanol–water partition coefficient (Wildman–Crippen LogP) is 2.60. The number of hydrogen-bond donors (Lipinski definition) is 1. The van der Waals surface area contributed by atoms with Crippen LogP contribution in [0.15, 0.2) is 47.7 Å². The molecule has 1 atom stereocenters. The van der Waals surface area contributed by atoms with Crippen LogP contribution in [0, 0.1) is 6.92 Å². The molecule has 1 fully saturated rings. The summed E-state index contributed by atoms with van der Waals surface area (Å²) in [6.45, 7) is 5.73. The highest BCUT2D eigenvalue weighted by Gasteiger charge is 2.28. The van der Waals surface area contributed by atoms with E-state index in [-0.39, 0.29) is 22.5 Å². The second-order valence-electron chi connectivity index (χ2n) is 8.38. The van der Waals surface area contributed by atoms with Crippen molar-refractivity contribution in [1.29, 1.82) is 0 Å². The lowest BCUT2D eigenvalue weighted by molar-refractivity contribution is 0.0704. The van der Waals surface area contributed by atoms with Gasteiger partial charge in [0, 0.05) is 37.3 Å². The van der Waals surface area contributed by atoms with E-state index in [0.29, 0.717) is 47.9 Å². The molecule has 5 rings (SSSR count). The fraction of sp³-hybridized carbons (Fsp3) is 0.304. The van der Waals surface area contributed by atoms with E-state index in [0.717, 1.165) is 12.0 Å². The van der Waals surface area contributed by atoms with Gasteiger partial charge in [-0.05, 0) is 38.5 Å². The monoisotopic (exact) mass is 478 g/mol. The van der Waals surface area contributed by atoms with Crippen LogP contribution < -0.4 is 10.5 Å². The number of anilines is 1. The molecule has 1 N–H and O–H groups in total. The van der Waals surface area contributed by atoms with E-state index >= 15 is 0 Å². The molecule has 1 aliphatic heterocycles. The van der Waals surface area contributed by atoms with Crippen LogP contribution in [0.4, 0.5) is 5.95 Å². The summed E-state index contributed by atoms with van der Waals surface area (Å²) in [6.07, 6.45) is 5.56. The maximum Gasteiger partial charge on any atom is 0.268 e. The highest BCUT2D eigenvalue weighted by molar-refractivity contribution is 6.30. The number of aromatic nitrogens is 6. The summed E-state index contributed by atoms with van der Waals surface area (Å²) >= 11 is 5.91. The minimum absolute atomic E-state index is 0.00973. The van der Waals surface area contributed by atoms with Gasteiger partial charge in [-0.15, -0.1) is 0 Å². The molecule has 1 amide bonds. The summed E-state index contributed by atoms with van der Waals surface area (Å²) in [5, 5.41) is 9.17. The van der Waals surface area contributed by atoms with Crippen molar-refractivity contribution in [2.24, 2.45) is 0 Å². The predicted molar refractivity (Wildman–Crippen MR) is 129 cm³/mol. The number of aromatic amines is 1. The number of fused-ring (bicyclic) bond motifs is 1. The first-order valence-corrected chi connectivity index (χ1v) is 11.4. The van der Waals surface area contributed by atoms with Crippen LogP contribution in [0.25, 0.3) is 16.7 Å². The smallest absolute Gasteiger partial charge is 0.268 e. The normalized spacial score (nSPS) is 16.6. The second kappa shape index (κ2) is 8.86. The van der Waals surface area contributed by atoms with Crippen molar-refractivity contribution in [2.45, 2.75) is 26.3 Å². The Bertz CT molecular complexity index is 1420. The van der Waals surface area contributed by atoms with E-state index in [4.69, 9.17) is 11.6 Å². The van der Waals surface area contributed by atoms with Crippen LogP contribution in [0.1, 0.15) is 29.3 Å². The topological polar surface area (TPSA) is 113 Å². The Morgan fingerprint density at radius 1 is 1.15 bits per heavy atom. The molecule has 4 heterocycles. The summed E-state index contributed by atoms with van der Waals surface area (Å²) in [5.41, 5.74) is 2.24. The SMILES string of the molecule is Cc1ccc(-n2nccn2)c(C(=O)N2CCN(c3ncc4cc(Cl)c(=O)[nH]c4n3)CC[C@H]2C)c1. The largest absolute Gasteiger partial charge is 0.339 e. The summed E-state index contributed by atoms with van der Waals surface area (Å²) in [7, 11) is 0. The number of carbonyl (C=O) groups excluding carboxylic acids is 1. The van der Waals surface area contributed by atoms with Crippen LogP contribution >= 0.6 is 11.6 Å². The number of hydrogen-bond acceptors (Lipinski definition) is 7. The lowest BCUT2D eigenvalue weighted by Gasteiger charge is -2.27. The maximum atomic E-state index is 13.7. The van der Waals surface area contributed by atoms with E-state index in [1.165, 1.54) is 4.80 Å². The van der Waals surface area contributed by atoms with E-state index in [9.17, 15) is 9.59 Å². The lowest BCUT2D eigenvalue weighted by atomic mass is 10.1. The number of carbonyl (C=O) groups is 1. The van der Waals surface area contributed by atoms with Crippen LogP contribution in [-0.4, -0.2) is 66.4 Å². The molecule has 0 radical (unpaired) electrons. The van der Waals surface area contributed by atoms with Crippen molar-refractivity contribution in [1.82, 2.24) is 34.8 Å². The Morgan fingerprint density at radius 2 is 1.94 bits per heavy atom. The Labute approximate surface area is 200 Å². The van der Waals surface area contributed by atoms with Gasteiger partial charge in [-0.25, -0.2) is 4.98 Å². The molecular weight excluding hydrogens is 456 g/mol. The molecule has 4 aromatic rings. The molecule has 1 aliphatic rings. The average Bonchev–Trinajstić information content (AvgIpc) is 3.29. The molecule has 174 valence electrons.